The van der Waals surface area contributed by atoms with Gasteiger partial charge in [-0.05, 0) is 74.4 Å². The zero-order valence-electron chi connectivity index (χ0n) is 14.9. The minimum absolute atomic E-state index is 0.372. The van der Waals surface area contributed by atoms with Crippen molar-refractivity contribution in [1.82, 2.24) is 3.96 Å². The molecule has 130 valence electrons. The molecular weight excluding hydrogens is 342 g/mol. The van der Waals surface area contributed by atoms with Gasteiger partial charge in [-0.2, -0.15) is 5.26 Å². The second-order valence-corrected chi connectivity index (χ2v) is 7.24. The smallest absolute Gasteiger partial charge is 0.223 e. The highest BCUT2D eigenvalue weighted by Gasteiger charge is 2.09. The van der Waals surface area contributed by atoms with Gasteiger partial charge in [-0.1, -0.05) is 17.6 Å². The maximum atomic E-state index is 8.95. The van der Waals surface area contributed by atoms with Crippen molar-refractivity contribution in [2.45, 2.75) is 20.8 Å². The summed E-state index contributed by atoms with van der Waals surface area (Å²) < 4.78 is 1.75. The third-order valence-electron chi connectivity index (χ3n) is 3.98. The number of aryl methyl sites for hydroxylation is 3. The molecule has 6 heteroatoms. The lowest BCUT2D eigenvalue weighted by Gasteiger charge is -2.12. The van der Waals surface area contributed by atoms with Crippen LogP contribution in [0.2, 0.25) is 0 Å². The van der Waals surface area contributed by atoms with Crippen LogP contribution in [0.1, 0.15) is 21.6 Å². The maximum absolute atomic E-state index is 8.95. The highest BCUT2D eigenvalue weighted by atomic mass is 32.1. The third-order valence-corrected chi connectivity index (χ3v) is 4.94. The molecule has 26 heavy (non-hydrogen) atoms. The molecule has 3 aromatic rings. The minimum atomic E-state index is 0.372. The molecule has 0 atom stereocenters. The molecule has 0 spiro atoms. The van der Waals surface area contributed by atoms with E-state index in [4.69, 9.17) is 10.7 Å². The Kier molecular flexibility index (Phi) is 5.01. The van der Waals surface area contributed by atoms with Crippen LogP contribution in [-0.2, 0) is 0 Å². The van der Waals surface area contributed by atoms with Crippen molar-refractivity contribution in [3.05, 3.63) is 75.6 Å². The van der Waals surface area contributed by atoms with Gasteiger partial charge in [-0.25, -0.2) is 8.95 Å². The molecule has 5 nitrogen and oxygen atoms in total. The minimum Gasteiger partial charge on any atom is -0.325 e. The normalized spacial score (nSPS) is 11.2. The number of nitrogens with zero attached hydrogens (tertiary/aromatic N) is 3. The molecule has 0 saturated heterocycles. The van der Waals surface area contributed by atoms with Crippen LogP contribution in [0.4, 0.5) is 11.4 Å². The van der Waals surface area contributed by atoms with E-state index in [1.165, 1.54) is 22.7 Å². The lowest BCUT2D eigenvalue weighted by Crippen LogP contribution is -2.28. The predicted molar refractivity (Wildman–Crippen MR) is 106 cm³/mol. The molecule has 0 unspecified atom stereocenters. The molecule has 0 aliphatic carbocycles. The van der Waals surface area contributed by atoms with E-state index in [2.05, 4.69) is 42.4 Å². The fraction of sp³-hybridized carbons (Fsp3) is 0.150. The van der Waals surface area contributed by atoms with Crippen molar-refractivity contribution < 1.29 is 0 Å². The Morgan fingerprint density at radius 1 is 1.08 bits per heavy atom. The molecule has 0 fully saturated rings. The molecule has 3 rings (SSSR count). The van der Waals surface area contributed by atoms with E-state index in [9.17, 15) is 0 Å². The summed E-state index contributed by atoms with van der Waals surface area (Å²) in [5.74, 6) is 0.557. The SMILES string of the molecule is Cc1cc(=N)n(C(=Nc2ccc(C#N)cc2)Nc2ccc(C)c(C)c2)s1. The van der Waals surface area contributed by atoms with Crippen LogP contribution in [0.15, 0.2) is 53.5 Å². The Bertz CT molecular complexity index is 1060. The summed E-state index contributed by atoms with van der Waals surface area (Å²) in [6.07, 6.45) is 0. The van der Waals surface area contributed by atoms with Crippen LogP contribution >= 0.6 is 11.5 Å². The molecule has 0 aliphatic rings. The Morgan fingerprint density at radius 3 is 2.38 bits per heavy atom. The Labute approximate surface area is 156 Å². The van der Waals surface area contributed by atoms with E-state index >= 15 is 0 Å². The van der Waals surface area contributed by atoms with Gasteiger partial charge in [-0.3, -0.25) is 5.41 Å². The van der Waals surface area contributed by atoms with Crippen LogP contribution in [0.25, 0.3) is 0 Å². The fourth-order valence-corrected chi connectivity index (χ4v) is 3.21. The summed E-state index contributed by atoms with van der Waals surface area (Å²) in [6, 6.07) is 17.1. The number of hydrogen-bond donors (Lipinski definition) is 2. The standard InChI is InChI=1S/C20H19N5S/c1-13-4-7-18(10-14(13)2)24-20(25-19(22)11-15(3)26-25)23-17-8-5-16(12-21)6-9-17/h4-11,22H,1-3H3,(H,23,24). The lowest BCUT2D eigenvalue weighted by molar-refractivity contribution is 1.07. The Hall–Kier alpha value is -3.17. The quantitative estimate of drug-likeness (QED) is 0.522. The number of rotatable bonds is 2. The fourth-order valence-electron chi connectivity index (χ4n) is 2.43. The van der Waals surface area contributed by atoms with Gasteiger partial charge >= 0.3 is 0 Å². The van der Waals surface area contributed by atoms with Crippen LogP contribution < -0.4 is 10.8 Å². The summed E-state index contributed by atoms with van der Waals surface area (Å²) in [5, 5.41) is 20.5. The van der Waals surface area contributed by atoms with E-state index in [-0.39, 0.29) is 0 Å². The number of nitrogens with one attached hydrogen (secondary N) is 2. The number of aliphatic imine (C=N–C) groups is 1. The molecule has 0 bridgehead atoms. The summed E-state index contributed by atoms with van der Waals surface area (Å²) in [4.78, 5) is 5.71. The third kappa shape index (κ3) is 3.90. The topological polar surface area (TPSA) is 77.0 Å². The van der Waals surface area contributed by atoms with Crippen molar-refractivity contribution in [3.63, 3.8) is 0 Å². The number of hydrogen-bond acceptors (Lipinski definition) is 4. The van der Waals surface area contributed by atoms with Crippen molar-refractivity contribution in [3.8, 4) is 6.07 Å². The van der Waals surface area contributed by atoms with Crippen LogP contribution in [0.5, 0.6) is 0 Å². The van der Waals surface area contributed by atoms with Crippen molar-refractivity contribution in [2.24, 2.45) is 4.99 Å². The molecule has 0 radical (unpaired) electrons. The zero-order valence-corrected chi connectivity index (χ0v) is 15.7. The first kappa shape index (κ1) is 17.6. The summed E-state index contributed by atoms with van der Waals surface area (Å²) in [7, 11) is 0. The van der Waals surface area contributed by atoms with Crippen LogP contribution in [0.3, 0.4) is 0 Å². The second kappa shape index (κ2) is 7.38. The van der Waals surface area contributed by atoms with Crippen LogP contribution in [-0.4, -0.2) is 9.92 Å². The van der Waals surface area contributed by atoms with Gasteiger partial charge in [0.2, 0.25) is 5.96 Å². The van der Waals surface area contributed by atoms with Crippen molar-refractivity contribution >= 4 is 28.9 Å². The van der Waals surface area contributed by atoms with Crippen LogP contribution in [0, 0.1) is 37.5 Å². The van der Waals surface area contributed by atoms with Gasteiger partial charge in [0.25, 0.3) is 0 Å². The van der Waals surface area contributed by atoms with Gasteiger partial charge in [-0.15, -0.1) is 0 Å². The van der Waals surface area contributed by atoms with E-state index in [0.717, 1.165) is 10.6 Å². The first-order valence-corrected chi connectivity index (χ1v) is 8.91. The molecule has 0 saturated carbocycles. The highest BCUT2D eigenvalue weighted by molar-refractivity contribution is 7.07. The predicted octanol–water partition coefficient (Wildman–Crippen LogP) is 4.47. The molecule has 2 aromatic carbocycles. The molecular formula is C20H19N5S. The average Bonchev–Trinajstić information content (AvgIpc) is 2.96. The molecule has 0 aliphatic heterocycles. The Morgan fingerprint density at radius 2 is 1.81 bits per heavy atom. The van der Waals surface area contributed by atoms with E-state index in [1.807, 2.05) is 13.0 Å². The molecule has 1 heterocycles. The summed E-state index contributed by atoms with van der Waals surface area (Å²) >= 11 is 1.46. The summed E-state index contributed by atoms with van der Waals surface area (Å²) in [5.41, 5.74) is 5.00. The molecule has 1 aromatic heterocycles. The van der Waals surface area contributed by atoms with Gasteiger partial charge in [0.05, 0.1) is 17.3 Å². The van der Waals surface area contributed by atoms with Crippen molar-refractivity contribution in [2.75, 3.05) is 5.32 Å². The van der Waals surface area contributed by atoms with Gasteiger partial charge < -0.3 is 5.32 Å². The monoisotopic (exact) mass is 361 g/mol. The first-order chi connectivity index (χ1) is 12.5. The van der Waals surface area contributed by atoms with Crippen molar-refractivity contribution in [1.29, 1.82) is 10.7 Å². The average molecular weight is 361 g/mol. The number of benzene rings is 2. The van der Waals surface area contributed by atoms with Gasteiger partial charge in [0.15, 0.2) is 0 Å². The molecule has 0 amide bonds. The van der Waals surface area contributed by atoms with E-state index < -0.39 is 0 Å². The zero-order chi connectivity index (χ0) is 18.7. The second-order valence-electron chi connectivity index (χ2n) is 6.04. The van der Waals surface area contributed by atoms with Gasteiger partial charge in [0, 0.05) is 10.6 Å². The highest BCUT2D eigenvalue weighted by Crippen LogP contribution is 2.18. The molecule has 2 N–H and O–H groups in total. The number of anilines is 1. The van der Waals surface area contributed by atoms with Gasteiger partial charge in [0.1, 0.15) is 5.49 Å². The summed E-state index contributed by atoms with van der Waals surface area (Å²) in [6.45, 7) is 6.11. The maximum Gasteiger partial charge on any atom is 0.223 e. The lowest BCUT2D eigenvalue weighted by atomic mass is 10.1. The number of nitriles is 1. The first-order valence-electron chi connectivity index (χ1n) is 8.14. The largest absolute Gasteiger partial charge is 0.325 e. The van der Waals surface area contributed by atoms with E-state index in [0.29, 0.717) is 22.7 Å². The Balaban J connectivity index is 2.05. The van der Waals surface area contributed by atoms with E-state index in [1.54, 1.807) is 34.3 Å². The number of aromatic nitrogens is 1.